The summed E-state index contributed by atoms with van der Waals surface area (Å²) in [6.07, 6.45) is -0.0312. The third-order valence-corrected chi connectivity index (χ3v) is 4.09. The summed E-state index contributed by atoms with van der Waals surface area (Å²) in [6.45, 7) is 2.62. The molecule has 2 aromatic rings. The van der Waals surface area contributed by atoms with E-state index < -0.39 is 0 Å². The molecule has 0 saturated carbocycles. The number of rotatable bonds is 4. The number of benzene rings is 2. The van der Waals surface area contributed by atoms with Crippen molar-refractivity contribution < 1.29 is 13.9 Å². The molecule has 1 heterocycles. The molecule has 0 spiro atoms. The smallest absolute Gasteiger partial charge is 0.251 e. The number of carbonyl (C=O) groups is 1. The van der Waals surface area contributed by atoms with Gasteiger partial charge in [0.1, 0.15) is 5.82 Å². The second-order valence-electron chi connectivity index (χ2n) is 5.61. The van der Waals surface area contributed by atoms with Crippen LogP contribution in [-0.4, -0.2) is 38.3 Å². The van der Waals surface area contributed by atoms with Crippen LogP contribution in [0.25, 0.3) is 11.1 Å². The minimum absolute atomic E-state index is 0.0312. The maximum Gasteiger partial charge on any atom is 0.251 e. The summed E-state index contributed by atoms with van der Waals surface area (Å²) >= 11 is 5.94. The third-order valence-electron chi connectivity index (χ3n) is 3.86. The van der Waals surface area contributed by atoms with Crippen molar-refractivity contribution in [3.63, 3.8) is 0 Å². The van der Waals surface area contributed by atoms with Crippen LogP contribution in [0.2, 0.25) is 5.02 Å². The molecule has 0 aliphatic carbocycles. The Labute approximate surface area is 145 Å². The topological polar surface area (TPSA) is 50.4 Å². The van der Waals surface area contributed by atoms with Gasteiger partial charge in [0.15, 0.2) is 0 Å². The summed E-state index contributed by atoms with van der Waals surface area (Å²) < 4.78 is 19.5. The Morgan fingerprint density at radius 3 is 3.00 bits per heavy atom. The number of morpholine rings is 1. The van der Waals surface area contributed by atoms with E-state index in [0.717, 1.165) is 6.54 Å². The van der Waals surface area contributed by atoms with Crippen LogP contribution < -0.4 is 10.6 Å². The van der Waals surface area contributed by atoms with Gasteiger partial charge in [-0.3, -0.25) is 4.79 Å². The van der Waals surface area contributed by atoms with Crippen molar-refractivity contribution in [2.24, 2.45) is 0 Å². The number of carbonyl (C=O) groups excluding carboxylic acids is 1. The largest absolute Gasteiger partial charge is 0.374 e. The zero-order valence-electron chi connectivity index (χ0n) is 13.0. The molecule has 6 heteroatoms. The van der Waals surface area contributed by atoms with Crippen molar-refractivity contribution in [2.45, 2.75) is 6.10 Å². The normalized spacial score (nSPS) is 17.5. The van der Waals surface area contributed by atoms with Gasteiger partial charge in [-0.15, -0.1) is 0 Å². The van der Waals surface area contributed by atoms with E-state index in [1.54, 1.807) is 30.3 Å². The van der Waals surface area contributed by atoms with Gasteiger partial charge in [0.05, 0.1) is 12.7 Å². The Bertz CT molecular complexity index is 733. The maximum absolute atomic E-state index is 14.0. The van der Waals surface area contributed by atoms with E-state index in [1.807, 2.05) is 0 Å². The molecule has 1 unspecified atom stereocenters. The van der Waals surface area contributed by atoms with Crippen molar-refractivity contribution in [1.29, 1.82) is 0 Å². The molecule has 1 aliphatic rings. The van der Waals surface area contributed by atoms with Gasteiger partial charge in [-0.1, -0.05) is 23.7 Å². The molecule has 24 heavy (non-hydrogen) atoms. The molecular formula is C18H18ClFN2O2. The average Bonchev–Trinajstić information content (AvgIpc) is 2.62. The van der Waals surface area contributed by atoms with Crippen LogP contribution in [0.3, 0.4) is 0 Å². The van der Waals surface area contributed by atoms with E-state index in [0.29, 0.717) is 41.4 Å². The molecular weight excluding hydrogens is 331 g/mol. The Morgan fingerprint density at radius 1 is 1.33 bits per heavy atom. The average molecular weight is 349 g/mol. The van der Waals surface area contributed by atoms with Gasteiger partial charge in [-0.05, 0) is 35.9 Å². The van der Waals surface area contributed by atoms with E-state index in [2.05, 4.69) is 10.6 Å². The summed E-state index contributed by atoms with van der Waals surface area (Å²) in [5.41, 5.74) is 1.45. The summed E-state index contributed by atoms with van der Waals surface area (Å²) in [5.74, 6) is -0.591. The zero-order valence-corrected chi connectivity index (χ0v) is 13.8. The molecule has 1 fully saturated rings. The number of halogens is 2. The molecule has 2 N–H and O–H groups in total. The molecule has 126 valence electrons. The van der Waals surface area contributed by atoms with Crippen molar-refractivity contribution in [3.05, 3.63) is 58.9 Å². The first kappa shape index (κ1) is 16.9. The lowest BCUT2D eigenvalue weighted by atomic mass is 10.0. The number of ether oxygens (including phenoxy) is 1. The second-order valence-corrected chi connectivity index (χ2v) is 6.05. The van der Waals surface area contributed by atoms with E-state index in [4.69, 9.17) is 16.3 Å². The highest BCUT2D eigenvalue weighted by Gasteiger charge is 2.15. The lowest BCUT2D eigenvalue weighted by Gasteiger charge is -2.23. The highest BCUT2D eigenvalue weighted by Crippen LogP contribution is 2.26. The fourth-order valence-electron chi connectivity index (χ4n) is 2.61. The quantitative estimate of drug-likeness (QED) is 0.893. The molecule has 0 aromatic heterocycles. The van der Waals surface area contributed by atoms with Crippen LogP contribution in [0.4, 0.5) is 4.39 Å². The highest BCUT2D eigenvalue weighted by molar-refractivity contribution is 6.30. The van der Waals surface area contributed by atoms with Gasteiger partial charge in [-0.25, -0.2) is 4.39 Å². The van der Waals surface area contributed by atoms with Crippen molar-refractivity contribution in [2.75, 3.05) is 26.2 Å². The van der Waals surface area contributed by atoms with Gasteiger partial charge in [0.25, 0.3) is 5.91 Å². The van der Waals surface area contributed by atoms with Crippen LogP contribution in [-0.2, 0) is 4.74 Å². The lowest BCUT2D eigenvalue weighted by molar-refractivity contribution is 0.0287. The number of nitrogens with one attached hydrogen (secondary N) is 2. The fourth-order valence-corrected chi connectivity index (χ4v) is 2.78. The van der Waals surface area contributed by atoms with Crippen molar-refractivity contribution in [1.82, 2.24) is 10.6 Å². The Hall–Kier alpha value is -1.95. The van der Waals surface area contributed by atoms with E-state index >= 15 is 0 Å². The number of amides is 1. The molecule has 2 aromatic carbocycles. The lowest BCUT2D eigenvalue weighted by Crippen LogP contribution is -2.45. The summed E-state index contributed by atoms with van der Waals surface area (Å²) in [4.78, 5) is 12.3. The molecule has 1 aliphatic heterocycles. The van der Waals surface area contributed by atoms with E-state index in [1.165, 1.54) is 12.1 Å². The molecule has 4 nitrogen and oxygen atoms in total. The van der Waals surface area contributed by atoms with Gasteiger partial charge < -0.3 is 15.4 Å². The minimum atomic E-state index is -0.376. The van der Waals surface area contributed by atoms with Gasteiger partial charge in [0.2, 0.25) is 0 Å². The van der Waals surface area contributed by atoms with Crippen molar-refractivity contribution in [3.8, 4) is 11.1 Å². The molecule has 3 rings (SSSR count). The van der Waals surface area contributed by atoms with E-state index in [9.17, 15) is 9.18 Å². The highest BCUT2D eigenvalue weighted by atomic mass is 35.5. The van der Waals surface area contributed by atoms with Crippen LogP contribution in [0, 0.1) is 5.82 Å². The van der Waals surface area contributed by atoms with Crippen LogP contribution in [0.1, 0.15) is 10.4 Å². The Morgan fingerprint density at radius 2 is 2.21 bits per heavy atom. The van der Waals surface area contributed by atoms with Crippen LogP contribution >= 0.6 is 11.6 Å². The number of hydrogen-bond donors (Lipinski definition) is 2. The molecule has 0 bridgehead atoms. The third kappa shape index (κ3) is 4.12. The zero-order chi connectivity index (χ0) is 16.9. The second kappa shape index (κ2) is 7.75. The molecule has 1 amide bonds. The fraction of sp³-hybridized carbons (Fsp3) is 0.278. The van der Waals surface area contributed by atoms with Gasteiger partial charge >= 0.3 is 0 Å². The summed E-state index contributed by atoms with van der Waals surface area (Å²) in [5, 5.41) is 6.51. The van der Waals surface area contributed by atoms with Gasteiger partial charge in [-0.2, -0.15) is 0 Å². The predicted molar refractivity (Wildman–Crippen MR) is 91.8 cm³/mol. The predicted octanol–water partition coefficient (Wildman–Crippen LogP) is 2.86. The van der Waals surface area contributed by atoms with Crippen LogP contribution in [0.15, 0.2) is 42.5 Å². The first-order valence-corrected chi connectivity index (χ1v) is 8.17. The summed E-state index contributed by atoms with van der Waals surface area (Å²) in [6, 6.07) is 11.2. The number of hydrogen-bond acceptors (Lipinski definition) is 3. The molecule has 1 saturated heterocycles. The first-order valence-electron chi connectivity index (χ1n) is 7.79. The monoisotopic (exact) mass is 348 g/mol. The molecule has 0 radical (unpaired) electrons. The molecule has 1 atom stereocenters. The first-order chi connectivity index (χ1) is 11.6. The minimum Gasteiger partial charge on any atom is -0.374 e. The van der Waals surface area contributed by atoms with Crippen LogP contribution in [0.5, 0.6) is 0 Å². The Kier molecular flexibility index (Phi) is 5.45. The standard InChI is InChI=1S/C18H18ClFN2O2/c19-14-4-5-17(20)16(9-14)12-2-1-3-13(8-12)18(23)22-11-15-10-21-6-7-24-15/h1-5,8-9,15,21H,6-7,10-11H2,(H,22,23). The van der Waals surface area contributed by atoms with Gasteiger partial charge in [0, 0.05) is 35.8 Å². The Balaban J connectivity index is 1.72. The van der Waals surface area contributed by atoms with E-state index in [-0.39, 0.29) is 17.8 Å². The SMILES string of the molecule is O=C(NCC1CNCCO1)c1cccc(-c2cc(Cl)ccc2F)c1. The maximum atomic E-state index is 14.0. The van der Waals surface area contributed by atoms with Crippen molar-refractivity contribution >= 4 is 17.5 Å². The summed E-state index contributed by atoms with van der Waals surface area (Å²) in [7, 11) is 0.